The van der Waals surface area contributed by atoms with Gasteiger partial charge in [-0.1, -0.05) is 19.8 Å². The molecule has 1 aliphatic carbocycles. The first-order chi connectivity index (χ1) is 4.70. The van der Waals surface area contributed by atoms with E-state index < -0.39 is 0 Å². The summed E-state index contributed by atoms with van der Waals surface area (Å²) in [7, 11) is 0. The minimum absolute atomic E-state index is 0. The minimum atomic E-state index is 0. The molecule has 0 aromatic carbocycles. The van der Waals surface area contributed by atoms with Crippen LogP contribution in [0.15, 0.2) is 0 Å². The summed E-state index contributed by atoms with van der Waals surface area (Å²) < 4.78 is 0. The lowest BCUT2D eigenvalue weighted by molar-refractivity contribution is 0.254. The van der Waals surface area contributed by atoms with Crippen LogP contribution in [0.2, 0.25) is 0 Å². The smallest absolute Gasteiger partial charge is 0.00388 e. The Bertz CT molecular complexity index is 104. The van der Waals surface area contributed by atoms with Gasteiger partial charge < -0.3 is 5.73 Å². The molecule has 2 heteroatoms. The average Bonchev–Trinajstić information content (AvgIpc) is 1.88. The van der Waals surface area contributed by atoms with E-state index in [0.29, 0.717) is 6.04 Å². The number of halogens is 1. The number of nitrogens with two attached hydrogens (primary N) is 1. The van der Waals surface area contributed by atoms with Crippen LogP contribution in [-0.2, 0) is 0 Å². The van der Waals surface area contributed by atoms with Crippen molar-refractivity contribution < 1.29 is 0 Å². The molecular weight excluding hydrogens is 158 g/mol. The molecule has 0 radical (unpaired) electrons. The Labute approximate surface area is 76.1 Å². The first kappa shape index (κ1) is 11.2. The van der Waals surface area contributed by atoms with E-state index >= 15 is 0 Å². The van der Waals surface area contributed by atoms with Crippen molar-refractivity contribution in [3.8, 4) is 0 Å². The molecule has 1 saturated carbocycles. The van der Waals surface area contributed by atoms with E-state index in [4.69, 9.17) is 5.73 Å². The quantitative estimate of drug-likeness (QED) is 0.655. The van der Waals surface area contributed by atoms with Gasteiger partial charge in [0.25, 0.3) is 0 Å². The van der Waals surface area contributed by atoms with E-state index in [-0.39, 0.29) is 12.4 Å². The van der Waals surface area contributed by atoms with Gasteiger partial charge in [-0.3, -0.25) is 0 Å². The summed E-state index contributed by atoms with van der Waals surface area (Å²) in [6, 6.07) is 0.419. The van der Waals surface area contributed by atoms with E-state index in [2.05, 4.69) is 13.8 Å². The van der Waals surface area contributed by atoms with Crippen molar-refractivity contribution >= 4 is 12.4 Å². The van der Waals surface area contributed by atoms with Crippen molar-refractivity contribution in [1.82, 2.24) is 0 Å². The normalized spacial score (nSPS) is 34.1. The molecule has 0 aromatic heterocycles. The lowest BCUT2D eigenvalue weighted by Crippen LogP contribution is -2.30. The third kappa shape index (κ3) is 3.44. The summed E-state index contributed by atoms with van der Waals surface area (Å²) in [5, 5.41) is 0. The Hall–Kier alpha value is 0.250. The highest BCUT2D eigenvalue weighted by Gasteiger charge is 2.21. The average molecular weight is 178 g/mol. The molecule has 1 fully saturated rings. The zero-order valence-electron chi connectivity index (χ0n) is 7.55. The Balaban J connectivity index is 0.000001000. The van der Waals surface area contributed by atoms with Crippen LogP contribution in [0.4, 0.5) is 0 Å². The summed E-state index contributed by atoms with van der Waals surface area (Å²) >= 11 is 0. The molecule has 11 heavy (non-hydrogen) atoms. The van der Waals surface area contributed by atoms with Gasteiger partial charge in [-0.05, 0) is 31.6 Å². The van der Waals surface area contributed by atoms with E-state index in [0.717, 1.165) is 11.8 Å². The van der Waals surface area contributed by atoms with Gasteiger partial charge in [0.05, 0.1) is 0 Å². The van der Waals surface area contributed by atoms with Gasteiger partial charge in [0.2, 0.25) is 0 Å². The zero-order chi connectivity index (χ0) is 7.56. The summed E-state index contributed by atoms with van der Waals surface area (Å²) in [4.78, 5) is 0. The van der Waals surface area contributed by atoms with Gasteiger partial charge in [0, 0.05) is 6.04 Å². The van der Waals surface area contributed by atoms with Gasteiger partial charge >= 0.3 is 0 Å². The van der Waals surface area contributed by atoms with Crippen molar-refractivity contribution in [2.24, 2.45) is 17.6 Å². The highest BCUT2D eigenvalue weighted by Crippen LogP contribution is 2.29. The fourth-order valence-electron chi connectivity index (χ4n) is 1.96. The van der Waals surface area contributed by atoms with E-state index in [1.165, 1.54) is 25.7 Å². The number of rotatable bonds is 1. The maximum absolute atomic E-state index is 5.83. The third-order valence-electron chi connectivity index (χ3n) is 2.72. The van der Waals surface area contributed by atoms with Crippen LogP contribution in [0.1, 0.15) is 39.5 Å². The van der Waals surface area contributed by atoms with Crippen LogP contribution in [-0.4, -0.2) is 6.04 Å². The first-order valence-corrected chi connectivity index (χ1v) is 4.45. The fourth-order valence-corrected chi connectivity index (χ4v) is 1.96. The predicted octanol–water partition coefficient (Wildman–Crippen LogP) is 2.58. The zero-order valence-corrected chi connectivity index (χ0v) is 8.36. The second kappa shape index (κ2) is 5.00. The van der Waals surface area contributed by atoms with Crippen molar-refractivity contribution in [2.75, 3.05) is 0 Å². The monoisotopic (exact) mass is 177 g/mol. The maximum atomic E-state index is 5.83. The van der Waals surface area contributed by atoms with Gasteiger partial charge in [0.1, 0.15) is 0 Å². The van der Waals surface area contributed by atoms with Gasteiger partial charge in [-0.25, -0.2) is 0 Å². The standard InChI is InChI=1S/C9H19N.ClH/c1-7-4-3-5-9(6-7)8(2)10;/h7-9H,3-6,10H2,1-2H3;1H/t7?,8-,9?;/m1./s1. The van der Waals surface area contributed by atoms with Crippen molar-refractivity contribution in [2.45, 2.75) is 45.6 Å². The summed E-state index contributed by atoms with van der Waals surface area (Å²) in [5.41, 5.74) is 5.83. The van der Waals surface area contributed by atoms with E-state index in [9.17, 15) is 0 Å². The lowest BCUT2D eigenvalue weighted by Gasteiger charge is -2.29. The van der Waals surface area contributed by atoms with Gasteiger partial charge in [-0.2, -0.15) is 0 Å². The molecule has 1 aliphatic rings. The molecule has 2 unspecified atom stereocenters. The molecule has 3 atom stereocenters. The fraction of sp³-hybridized carbons (Fsp3) is 1.00. The topological polar surface area (TPSA) is 26.0 Å². The first-order valence-electron chi connectivity index (χ1n) is 4.45. The third-order valence-corrected chi connectivity index (χ3v) is 2.72. The van der Waals surface area contributed by atoms with Crippen LogP contribution in [0.5, 0.6) is 0 Å². The summed E-state index contributed by atoms with van der Waals surface area (Å²) in [5.74, 6) is 1.73. The molecule has 0 aromatic rings. The second-order valence-electron chi connectivity index (χ2n) is 3.89. The van der Waals surface area contributed by atoms with Crippen LogP contribution in [0.25, 0.3) is 0 Å². The maximum Gasteiger partial charge on any atom is 0.00388 e. The van der Waals surface area contributed by atoms with E-state index in [1.54, 1.807) is 0 Å². The SMILES string of the molecule is CC1CCCC([C@@H](C)N)C1.Cl. The molecule has 0 spiro atoms. The Morgan fingerprint density at radius 1 is 1.36 bits per heavy atom. The highest BCUT2D eigenvalue weighted by atomic mass is 35.5. The summed E-state index contributed by atoms with van der Waals surface area (Å²) in [6.45, 7) is 4.48. The molecule has 0 heterocycles. The van der Waals surface area contributed by atoms with E-state index in [1.807, 2.05) is 0 Å². The lowest BCUT2D eigenvalue weighted by atomic mass is 9.79. The highest BCUT2D eigenvalue weighted by molar-refractivity contribution is 5.85. The molecule has 0 aliphatic heterocycles. The molecule has 0 bridgehead atoms. The van der Waals surface area contributed by atoms with Crippen LogP contribution < -0.4 is 5.73 Å². The Morgan fingerprint density at radius 2 is 2.00 bits per heavy atom. The number of hydrogen-bond donors (Lipinski definition) is 1. The minimum Gasteiger partial charge on any atom is -0.328 e. The molecule has 0 amide bonds. The van der Waals surface area contributed by atoms with Crippen molar-refractivity contribution in [3.63, 3.8) is 0 Å². The predicted molar refractivity (Wildman–Crippen MR) is 52.0 cm³/mol. The Morgan fingerprint density at radius 3 is 2.36 bits per heavy atom. The van der Waals surface area contributed by atoms with Gasteiger partial charge in [-0.15, -0.1) is 12.4 Å². The largest absolute Gasteiger partial charge is 0.328 e. The molecule has 2 N–H and O–H groups in total. The van der Waals surface area contributed by atoms with Crippen molar-refractivity contribution in [1.29, 1.82) is 0 Å². The van der Waals surface area contributed by atoms with Crippen molar-refractivity contribution in [3.05, 3.63) is 0 Å². The van der Waals surface area contributed by atoms with Gasteiger partial charge in [0.15, 0.2) is 0 Å². The molecule has 1 nitrogen and oxygen atoms in total. The number of hydrogen-bond acceptors (Lipinski definition) is 1. The van der Waals surface area contributed by atoms with Crippen LogP contribution in [0.3, 0.4) is 0 Å². The Kier molecular flexibility index (Phi) is 5.11. The van der Waals surface area contributed by atoms with Crippen LogP contribution >= 0.6 is 12.4 Å². The molecule has 0 saturated heterocycles. The van der Waals surface area contributed by atoms with Crippen LogP contribution in [0, 0.1) is 11.8 Å². The molecule has 1 rings (SSSR count). The second-order valence-corrected chi connectivity index (χ2v) is 3.89. The summed E-state index contributed by atoms with van der Waals surface area (Å²) in [6.07, 6.45) is 5.54. The molecular formula is C9H20ClN. The molecule has 68 valence electrons.